The number of ether oxygens (including phenoxy) is 3. The van der Waals surface area contributed by atoms with Crippen molar-refractivity contribution >= 4 is 27.7 Å². The Labute approximate surface area is 159 Å². The first-order chi connectivity index (χ1) is 12.5. The number of hydrogen-bond acceptors (Lipinski definition) is 5. The van der Waals surface area contributed by atoms with E-state index in [0.29, 0.717) is 17.2 Å². The zero-order valence-electron chi connectivity index (χ0n) is 14.4. The van der Waals surface area contributed by atoms with Gasteiger partial charge in [0.2, 0.25) is 0 Å². The van der Waals surface area contributed by atoms with Gasteiger partial charge in [0, 0.05) is 4.47 Å². The molecule has 0 aliphatic rings. The smallest absolute Gasteiger partial charge is 0.276 e. The molecule has 0 spiro atoms. The molecule has 2 aromatic rings. The predicted molar refractivity (Wildman–Crippen MR) is 99.1 cm³/mol. The predicted octanol–water partition coefficient (Wildman–Crippen LogP) is 2.37. The van der Waals surface area contributed by atoms with Crippen LogP contribution in [-0.2, 0) is 9.59 Å². The summed E-state index contributed by atoms with van der Waals surface area (Å²) in [5, 5.41) is 0. The topological polar surface area (TPSA) is 85.9 Å². The van der Waals surface area contributed by atoms with Crippen molar-refractivity contribution in [2.24, 2.45) is 0 Å². The number of carbonyl (C=O) groups excluding carboxylic acids is 2. The monoisotopic (exact) mass is 422 g/mol. The molecule has 7 nitrogen and oxygen atoms in total. The second-order valence-electron chi connectivity index (χ2n) is 5.26. The number of carbonyl (C=O) groups is 2. The Balaban J connectivity index is 1.68. The average Bonchev–Trinajstić information content (AvgIpc) is 2.64. The lowest BCUT2D eigenvalue weighted by Crippen LogP contribution is -2.45. The van der Waals surface area contributed by atoms with E-state index in [4.69, 9.17) is 14.2 Å². The highest BCUT2D eigenvalue weighted by Crippen LogP contribution is 2.22. The molecule has 0 saturated carbocycles. The molecule has 0 aromatic heterocycles. The standard InChI is InChI=1S/C18H19BrN2O5/c1-12-9-13(19)3-8-16(12)26-11-18(23)21-20-17(22)10-25-15-6-4-14(24-2)5-7-15/h3-9H,10-11H2,1-2H3,(H,20,22)(H,21,23). The maximum Gasteiger partial charge on any atom is 0.276 e. The summed E-state index contributed by atoms with van der Waals surface area (Å²) in [6, 6.07) is 12.3. The second kappa shape index (κ2) is 9.67. The summed E-state index contributed by atoms with van der Waals surface area (Å²) in [5.74, 6) is 0.827. The van der Waals surface area contributed by atoms with E-state index in [1.807, 2.05) is 19.1 Å². The van der Waals surface area contributed by atoms with Crippen LogP contribution in [0.3, 0.4) is 0 Å². The minimum atomic E-state index is -0.492. The number of halogens is 1. The van der Waals surface area contributed by atoms with E-state index < -0.39 is 11.8 Å². The van der Waals surface area contributed by atoms with Crippen LogP contribution in [0.15, 0.2) is 46.9 Å². The fourth-order valence-corrected chi connectivity index (χ4v) is 2.43. The van der Waals surface area contributed by atoms with Gasteiger partial charge in [0.05, 0.1) is 7.11 Å². The Morgan fingerprint density at radius 3 is 2.08 bits per heavy atom. The molecule has 0 atom stereocenters. The molecule has 0 aliphatic heterocycles. The number of hydrogen-bond donors (Lipinski definition) is 2. The fraction of sp³-hybridized carbons (Fsp3) is 0.222. The van der Waals surface area contributed by atoms with Gasteiger partial charge in [-0.3, -0.25) is 20.4 Å². The van der Waals surface area contributed by atoms with E-state index in [9.17, 15) is 9.59 Å². The fourth-order valence-electron chi connectivity index (χ4n) is 1.95. The Morgan fingerprint density at radius 2 is 1.50 bits per heavy atom. The molecular formula is C18H19BrN2O5. The van der Waals surface area contributed by atoms with Gasteiger partial charge in [-0.05, 0) is 55.0 Å². The number of amides is 2. The van der Waals surface area contributed by atoms with Crippen LogP contribution in [0.2, 0.25) is 0 Å². The summed E-state index contributed by atoms with van der Waals surface area (Å²) in [6.07, 6.45) is 0. The minimum absolute atomic E-state index is 0.220. The van der Waals surface area contributed by atoms with Gasteiger partial charge < -0.3 is 14.2 Å². The van der Waals surface area contributed by atoms with Gasteiger partial charge >= 0.3 is 0 Å². The van der Waals surface area contributed by atoms with Gasteiger partial charge in [-0.2, -0.15) is 0 Å². The van der Waals surface area contributed by atoms with Gasteiger partial charge in [0.15, 0.2) is 13.2 Å². The van der Waals surface area contributed by atoms with Crippen molar-refractivity contribution < 1.29 is 23.8 Å². The van der Waals surface area contributed by atoms with E-state index in [1.54, 1.807) is 37.4 Å². The van der Waals surface area contributed by atoms with Crippen molar-refractivity contribution in [3.8, 4) is 17.2 Å². The third-order valence-corrected chi connectivity index (χ3v) is 3.76. The van der Waals surface area contributed by atoms with E-state index in [-0.39, 0.29) is 13.2 Å². The van der Waals surface area contributed by atoms with Crippen LogP contribution in [0.5, 0.6) is 17.2 Å². The average molecular weight is 423 g/mol. The summed E-state index contributed by atoms with van der Waals surface area (Å²) < 4.78 is 16.7. The third-order valence-electron chi connectivity index (χ3n) is 3.27. The highest BCUT2D eigenvalue weighted by molar-refractivity contribution is 9.10. The molecule has 8 heteroatoms. The quantitative estimate of drug-likeness (QED) is 0.668. The lowest BCUT2D eigenvalue weighted by Gasteiger charge is -2.11. The van der Waals surface area contributed by atoms with Gasteiger partial charge in [0.25, 0.3) is 11.8 Å². The van der Waals surface area contributed by atoms with Gasteiger partial charge in [-0.15, -0.1) is 0 Å². The van der Waals surface area contributed by atoms with Crippen LogP contribution in [0.4, 0.5) is 0 Å². The molecule has 0 saturated heterocycles. The van der Waals surface area contributed by atoms with Crippen LogP contribution in [0, 0.1) is 6.92 Å². The lowest BCUT2D eigenvalue weighted by atomic mass is 10.2. The zero-order chi connectivity index (χ0) is 18.9. The largest absolute Gasteiger partial charge is 0.497 e. The summed E-state index contributed by atoms with van der Waals surface area (Å²) in [5.41, 5.74) is 5.42. The number of aryl methyl sites for hydroxylation is 1. The summed E-state index contributed by atoms with van der Waals surface area (Å²) in [6.45, 7) is 1.41. The van der Waals surface area contributed by atoms with Gasteiger partial charge in [-0.25, -0.2) is 0 Å². The van der Waals surface area contributed by atoms with Crippen LogP contribution < -0.4 is 25.1 Å². The minimum Gasteiger partial charge on any atom is -0.497 e. The van der Waals surface area contributed by atoms with Crippen molar-refractivity contribution in [3.05, 3.63) is 52.5 Å². The molecule has 0 fully saturated rings. The van der Waals surface area contributed by atoms with Crippen molar-refractivity contribution in [1.82, 2.24) is 10.9 Å². The molecule has 2 amide bonds. The molecule has 0 unspecified atom stereocenters. The van der Waals surface area contributed by atoms with Gasteiger partial charge in [0.1, 0.15) is 17.2 Å². The summed E-state index contributed by atoms with van der Waals surface area (Å²) in [7, 11) is 1.56. The molecule has 2 aromatic carbocycles. The maximum atomic E-state index is 11.7. The number of benzene rings is 2. The van der Waals surface area contributed by atoms with Crippen molar-refractivity contribution in [1.29, 1.82) is 0 Å². The van der Waals surface area contributed by atoms with Crippen molar-refractivity contribution in [2.45, 2.75) is 6.92 Å². The first-order valence-electron chi connectivity index (χ1n) is 7.71. The Bertz CT molecular complexity index is 765. The maximum absolute atomic E-state index is 11.7. The normalized spacial score (nSPS) is 9.96. The number of rotatable bonds is 7. The molecule has 0 bridgehead atoms. The van der Waals surface area contributed by atoms with Gasteiger partial charge in [-0.1, -0.05) is 15.9 Å². The highest BCUT2D eigenvalue weighted by Gasteiger charge is 2.08. The number of nitrogens with one attached hydrogen (secondary N) is 2. The first kappa shape index (κ1) is 19.6. The first-order valence-corrected chi connectivity index (χ1v) is 8.50. The molecular weight excluding hydrogens is 404 g/mol. The Morgan fingerprint density at radius 1 is 0.923 bits per heavy atom. The van der Waals surface area contributed by atoms with E-state index in [1.165, 1.54) is 0 Å². The van der Waals surface area contributed by atoms with Crippen LogP contribution in [0.1, 0.15) is 5.56 Å². The third kappa shape index (κ3) is 6.29. The second-order valence-corrected chi connectivity index (χ2v) is 6.17. The Kier molecular flexibility index (Phi) is 7.28. The SMILES string of the molecule is COc1ccc(OCC(=O)NNC(=O)COc2ccc(Br)cc2C)cc1. The molecule has 2 N–H and O–H groups in total. The van der Waals surface area contributed by atoms with E-state index in [2.05, 4.69) is 26.8 Å². The van der Waals surface area contributed by atoms with Crippen LogP contribution >= 0.6 is 15.9 Å². The summed E-state index contributed by atoms with van der Waals surface area (Å²) in [4.78, 5) is 23.4. The van der Waals surface area contributed by atoms with Crippen molar-refractivity contribution in [3.63, 3.8) is 0 Å². The number of hydrazine groups is 1. The molecule has 0 aliphatic carbocycles. The molecule has 0 heterocycles. The lowest BCUT2D eigenvalue weighted by molar-refractivity contribution is -0.131. The molecule has 138 valence electrons. The Hall–Kier alpha value is -2.74. The van der Waals surface area contributed by atoms with E-state index >= 15 is 0 Å². The molecule has 26 heavy (non-hydrogen) atoms. The highest BCUT2D eigenvalue weighted by atomic mass is 79.9. The molecule has 2 rings (SSSR count). The van der Waals surface area contributed by atoms with Crippen molar-refractivity contribution in [2.75, 3.05) is 20.3 Å². The van der Waals surface area contributed by atoms with Crippen LogP contribution in [0.25, 0.3) is 0 Å². The summed E-state index contributed by atoms with van der Waals surface area (Å²) >= 11 is 3.36. The zero-order valence-corrected chi connectivity index (χ0v) is 16.0. The van der Waals surface area contributed by atoms with Crippen LogP contribution in [-0.4, -0.2) is 32.1 Å². The number of methoxy groups -OCH3 is 1. The molecule has 0 radical (unpaired) electrons. The van der Waals surface area contributed by atoms with E-state index in [0.717, 1.165) is 10.0 Å².